The SMILES string of the molecule is CCc1c(F)ccc2cc(O)cc(-c3c(F)cc4c(N5CC6CCC(C5)N6)nc(OCC5(CN6CCC7(CCOCC7)C6)CC5)nc4c3F)c12. The van der Waals surface area contributed by atoms with Gasteiger partial charge in [-0.2, -0.15) is 9.97 Å². The molecule has 1 aromatic heterocycles. The Morgan fingerprint density at radius 2 is 1.76 bits per heavy atom. The molecule has 4 aromatic rings. The summed E-state index contributed by atoms with van der Waals surface area (Å²) in [4.78, 5) is 14.2. The second kappa shape index (κ2) is 12.2. The van der Waals surface area contributed by atoms with Crippen molar-refractivity contribution in [1.82, 2.24) is 20.2 Å². The summed E-state index contributed by atoms with van der Waals surface area (Å²) in [5, 5.41) is 15.4. The number of piperazine rings is 1. The summed E-state index contributed by atoms with van der Waals surface area (Å²) >= 11 is 0. The highest BCUT2D eigenvalue weighted by atomic mass is 19.1. The van der Waals surface area contributed by atoms with Gasteiger partial charge in [-0.3, -0.25) is 0 Å². The number of phenols is 1. The highest BCUT2D eigenvalue weighted by Crippen LogP contribution is 2.49. The Hall–Kier alpha value is -3.67. The number of anilines is 1. The van der Waals surface area contributed by atoms with Gasteiger partial charge in [0.2, 0.25) is 0 Å². The Morgan fingerprint density at radius 1 is 0.980 bits per heavy atom. The van der Waals surface area contributed by atoms with Gasteiger partial charge in [0.05, 0.1) is 12.2 Å². The van der Waals surface area contributed by atoms with E-state index in [1.807, 2.05) is 0 Å². The van der Waals surface area contributed by atoms with E-state index in [-0.39, 0.29) is 51.3 Å². The molecule has 4 aliphatic heterocycles. The van der Waals surface area contributed by atoms with E-state index in [9.17, 15) is 5.11 Å². The van der Waals surface area contributed by atoms with Crippen molar-refractivity contribution >= 4 is 27.5 Å². The molecule has 2 N–H and O–H groups in total. The van der Waals surface area contributed by atoms with E-state index in [2.05, 4.69) is 20.1 Å². The molecule has 2 bridgehead atoms. The zero-order valence-corrected chi connectivity index (χ0v) is 28.5. The van der Waals surface area contributed by atoms with Crippen molar-refractivity contribution in [3.8, 4) is 22.9 Å². The number of hydrogen-bond donors (Lipinski definition) is 2. The van der Waals surface area contributed by atoms with E-state index in [1.54, 1.807) is 6.92 Å². The summed E-state index contributed by atoms with van der Waals surface area (Å²) < 4.78 is 60.5. The maximum absolute atomic E-state index is 17.0. The lowest BCUT2D eigenvalue weighted by Gasteiger charge is -2.34. The lowest BCUT2D eigenvalue weighted by atomic mass is 9.80. The Bertz CT molecular complexity index is 1970. The largest absolute Gasteiger partial charge is 0.508 e. The van der Waals surface area contributed by atoms with Gasteiger partial charge in [-0.25, -0.2) is 13.2 Å². The standard InChI is InChI=1S/C39H44F3N5O3/c1-2-27-30(40)6-3-23-15-26(48)16-28(32(23)27)33-31(41)17-29-35(34(33)42)44-37(45-36(29)47-18-24-4-5-25(19-47)43-24)50-22-39(7-8-39)21-46-12-9-38(20-46)10-13-49-14-11-38/h3,6,15-17,24-25,43,48H,2,4-5,7-14,18-22H2,1H3. The van der Waals surface area contributed by atoms with Gasteiger partial charge in [-0.15, -0.1) is 0 Å². The van der Waals surface area contributed by atoms with Gasteiger partial charge in [0.25, 0.3) is 0 Å². The summed E-state index contributed by atoms with van der Waals surface area (Å²) in [7, 11) is 0. The molecule has 2 unspecified atom stereocenters. The zero-order chi connectivity index (χ0) is 34.2. The second-order valence-electron chi connectivity index (χ2n) is 15.6. The molecule has 1 aliphatic carbocycles. The number of halogens is 3. The van der Waals surface area contributed by atoms with E-state index in [1.165, 1.54) is 36.8 Å². The molecule has 4 saturated heterocycles. The average Bonchev–Trinajstić information content (AvgIpc) is 3.65. The molecule has 8 nitrogen and oxygen atoms in total. The van der Waals surface area contributed by atoms with E-state index < -0.39 is 17.5 Å². The molecular formula is C39H44F3N5O3. The van der Waals surface area contributed by atoms with Crippen LogP contribution in [0, 0.1) is 28.3 Å². The first-order chi connectivity index (χ1) is 24.2. The monoisotopic (exact) mass is 687 g/mol. The molecule has 9 rings (SSSR count). The van der Waals surface area contributed by atoms with Crippen LogP contribution in [-0.4, -0.2) is 84.6 Å². The molecule has 50 heavy (non-hydrogen) atoms. The minimum Gasteiger partial charge on any atom is -0.508 e. The first-order valence-corrected chi connectivity index (χ1v) is 18.3. The molecule has 5 fully saturated rings. The molecule has 2 atom stereocenters. The Kier molecular flexibility index (Phi) is 7.89. The number of aryl methyl sites for hydroxylation is 1. The zero-order valence-electron chi connectivity index (χ0n) is 28.5. The third kappa shape index (κ3) is 5.65. The fraction of sp³-hybridized carbons (Fsp3) is 0.538. The molecule has 1 spiro atoms. The van der Waals surface area contributed by atoms with Gasteiger partial charge >= 0.3 is 6.01 Å². The Morgan fingerprint density at radius 3 is 2.50 bits per heavy atom. The van der Waals surface area contributed by atoms with Gasteiger partial charge in [0.15, 0.2) is 5.82 Å². The maximum Gasteiger partial charge on any atom is 0.319 e. The van der Waals surface area contributed by atoms with Gasteiger partial charge in [0, 0.05) is 62.3 Å². The molecule has 11 heteroatoms. The molecule has 0 radical (unpaired) electrons. The number of likely N-dealkylation sites (tertiary alicyclic amines) is 1. The molecule has 1 saturated carbocycles. The Balaban J connectivity index is 1.10. The minimum absolute atomic E-state index is 0.00304. The summed E-state index contributed by atoms with van der Waals surface area (Å²) in [6, 6.07) is 7.54. The number of benzene rings is 3. The van der Waals surface area contributed by atoms with E-state index in [4.69, 9.17) is 14.5 Å². The summed E-state index contributed by atoms with van der Waals surface area (Å²) in [5.41, 5.74) is 0.366. The van der Waals surface area contributed by atoms with Crippen molar-refractivity contribution in [2.24, 2.45) is 10.8 Å². The second-order valence-corrected chi connectivity index (χ2v) is 15.6. The highest BCUT2D eigenvalue weighted by Gasteiger charge is 2.48. The van der Waals surface area contributed by atoms with Crippen LogP contribution in [0.25, 0.3) is 32.8 Å². The lowest BCUT2D eigenvalue weighted by molar-refractivity contribution is 0.0179. The third-order valence-electron chi connectivity index (χ3n) is 12.2. The maximum atomic E-state index is 17.0. The van der Waals surface area contributed by atoms with Crippen LogP contribution in [0.4, 0.5) is 19.0 Å². The third-order valence-corrected chi connectivity index (χ3v) is 12.2. The summed E-state index contributed by atoms with van der Waals surface area (Å²) in [6.07, 6.45) is 7.92. The molecule has 5 aliphatic rings. The predicted octanol–water partition coefficient (Wildman–Crippen LogP) is 6.74. The van der Waals surface area contributed by atoms with Crippen molar-refractivity contribution in [1.29, 1.82) is 0 Å². The van der Waals surface area contributed by atoms with Crippen molar-refractivity contribution in [3.05, 3.63) is 53.3 Å². The van der Waals surface area contributed by atoms with Crippen molar-refractivity contribution in [2.75, 3.05) is 57.4 Å². The van der Waals surface area contributed by atoms with Crippen LogP contribution in [0.1, 0.15) is 57.4 Å². The number of hydrogen-bond acceptors (Lipinski definition) is 8. The fourth-order valence-electron chi connectivity index (χ4n) is 9.32. The van der Waals surface area contributed by atoms with Crippen LogP contribution in [0.15, 0.2) is 30.3 Å². The number of aromatic hydroxyl groups is 1. The average molecular weight is 688 g/mol. The van der Waals surface area contributed by atoms with Gasteiger partial charge in [-0.1, -0.05) is 13.0 Å². The molecule has 0 amide bonds. The predicted molar refractivity (Wildman–Crippen MR) is 186 cm³/mol. The molecule has 264 valence electrons. The number of nitrogens with one attached hydrogen (secondary N) is 1. The van der Waals surface area contributed by atoms with E-state index >= 15 is 13.2 Å². The first-order valence-electron chi connectivity index (χ1n) is 18.3. The van der Waals surface area contributed by atoms with Crippen molar-refractivity contribution in [3.63, 3.8) is 0 Å². The van der Waals surface area contributed by atoms with Gasteiger partial charge < -0.3 is 29.7 Å². The quantitative estimate of drug-likeness (QED) is 0.211. The smallest absolute Gasteiger partial charge is 0.319 e. The van der Waals surface area contributed by atoms with Gasteiger partial charge in [0.1, 0.15) is 28.7 Å². The van der Waals surface area contributed by atoms with Crippen LogP contribution in [0.3, 0.4) is 0 Å². The normalized spacial score (nSPS) is 24.1. The number of aromatic nitrogens is 2. The van der Waals surface area contributed by atoms with Crippen LogP contribution in [-0.2, 0) is 11.2 Å². The highest BCUT2D eigenvalue weighted by molar-refractivity contribution is 6.03. The summed E-state index contributed by atoms with van der Waals surface area (Å²) in [5.74, 6) is -1.88. The van der Waals surface area contributed by atoms with Gasteiger partial charge in [-0.05, 0) is 109 Å². The minimum atomic E-state index is -0.884. The fourth-order valence-corrected chi connectivity index (χ4v) is 9.32. The number of rotatable bonds is 8. The Labute approximate surface area is 290 Å². The topological polar surface area (TPSA) is 83.0 Å². The lowest BCUT2D eigenvalue weighted by Crippen LogP contribution is -2.51. The number of nitrogens with zero attached hydrogens (tertiary/aromatic N) is 4. The molecular weight excluding hydrogens is 643 g/mol. The van der Waals surface area contributed by atoms with Crippen LogP contribution in [0.5, 0.6) is 11.8 Å². The number of phenolic OH excluding ortho intramolecular Hbond substituents is 1. The van der Waals surface area contributed by atoms with Crippen molar-refractivity contribution in [2.45, 2.75) is 70.4 Å². The number of ether oxygens (including phenoxy) is 2. The molecule has 3 aromatic carbocycles. The van der Waals surface area contributed by atoms with Crippen molar-refractivity contribution < 1.29 is 27.8 Å². The van der Waals surface area contributed by atoms with Crippen LogP contribution >= 0.6 is 0 Å². The van der Waals surface area contributed by atoms with E-state index in [0.717, 1.165) is 71.4 Å². The van der Waals surface area contributed by atoms with Crippen LogP contribution in [0.2, 0.25) is 0 Å². The van der Waals surface area contributed by atoms with E-state index in [0.29, 0.717) is 53.7 Å². The van der Waals surface area contributed by atoms with Crippen LogP contribution < -0.4 is 15.0 Å². The first kappa shape index (κ1) is 32.3. The molecule has 5 heterocycles. The number of fused-ring (bicyclic) bond motifs is 4. The summed E-state index contributed by atoms with van der Waals surface area (Å²) in [6.45, 7) is 8.35.